The molecule has 0 spiro atoms. The van der Waals surface area contributed by atoms with Crippen LogP contribution in [0.25, 0.3) is 0 Å². The van der Waals surface area contributed by atoms with Crippen LogP contribution in [0.5, 0.6) is 11.8 Å². The molecule has 0 aliphatic rings. The summed E-state index contributed by atoms with van der Waals surface area (Å²) in [7, 11) is 0.0822. The van der Waals surface area contributed by atoms with Crippen LogP contribution in [0.15, 0.2) is 91.0 Å². The minimum Gasteiger partial charge on any atom is -0.492 e. The van der Waals surface area contributed by atoms with E-state index < -0.39 is 31.6 Å². The van der Waals surface area contributed by atoms with E-state index in [9.17, 15) is 19.8 Å². The summed E-state index contributed by atoms with van der Waals surface area (Å²) in [4.78, 5) is 30.6. The fourth-order valence-corrected chi connectivity index (χ4v) is 5.81. The third-order valence-electron chi connectivity index (χ3n) is 4.88. The third kappa shape index (κ3) is 4.59. The van der Waals surface area contributed by atoms with Gasteiger partial charge in [0, 0.05) is 17.4 Å². The molecule has 0 amide bonds. The van der Waals surface area contributed by atoms with Crippen LogP contribution in [-0.2, 0) is 4.74 Å². The number of nitrogens with zero attached hydrogens (tertiary/aromatic N) is 1. The van der Waals surface area contributed by atoms with Gasteiger partial charge in [-0.1, -0.05) is 60.7 Å². The molecule has 166 valence electrons. The SMILES string of the molecule is COC(=O)c1ccc(C(=O)On2c(O)ccc2O)cc1P(c1ccccc1)c1ccccc1. The van der Waals surface area contributed by atoms with E-state index in [1.54, 1.807) is 6.07 Å². The van der Waals surface area contributed by atoms with Crippen LogP contribution in [0.2, 0.25) is 0 Å². The number of esters is 1. The number of rotatable bonds is 6. The fourth-order valence-electron chi connectivity index (χ4n) is 3.34. The Morgan fingerprint density at radius 3 is 1.82 bits per heavy atom. The Balaban J connectivity index is 1.85. The topological polar surface area (TPSA) is 98.0 Å². The molecule has 1 heterocycles. The molecule has 1 aromatic heterocycles. The highest BCUT2D eigenvalue weighted by Crippen LogP contribution is 2.34. The lowest BCUT2D eigenvalue weighted by Crippen LogP contribution is -2.27. The van der Waals surface area contributed by atoms with Crippen molar-refractivity contribution in [3.05, 3.63) is 102 Å². The first kappa shape index (κ1) is 22.1. The van der Waals surface area contributed by atoms with Crippen molar-refractivity contribution in [3.63, 3.8) is 0 Å². The summed E-state index contributed by atoms with van der Waals surface area (Å²) < 4.78 is 5.62. The lowest BCUT2D eigenvalue weighted by atomic mass is 10.1. The van der Waals surface area contributed by atoms with Gasteiger partial charge in [-0.25, -0.2) is 9.59 Å². The maximum Gasteiger partial charge on any atom is 0.363 e. The van der Waals surface area contributed by atoms with E-state index >= 15 is 0 Å². The standard InChI is InChI=1S/C25H20NO6P/c1-31-25(30)20-13-12-17(24(29)32-26-22(27)14-15-23(26)28)16-21(20)33(18-8-4-2-5-9-18)19-10-6-3-7-11-19/h2-16,27-28H,1H3. The summed E-state index contributed by atoms with van der Waals surface area (Å²) in [6.07, 6.45) is 0. The summed E-state index contributed by atoms with van der Waals surface area (Å²) in [6, 6.07) is 26.3. The minimum absolute atomic E-state index is 0.143. The molecular weight excluding hydrogens is 441 g/mol. The van der Waals surface area contributed by atoms with E-state index in [0.717, 1.165) is 10.6 Å². The van der Waals surface area contributed by atoms with Crippen molar-refractivity contribution in [2.45, 2.75) is 0 Å². The van der Waals surface area contributed by atoms with Gasteiger partial charge in [0.25, 0.3) is 0 Å². The molecule has 4 rings (SSSR count). The van der Waals surface area contributed by atoms with Crippen molar-refractivity contribution in [2.24, 2.45) is 0 Å². The van der Waals surface area contributed by atoms with E-state index in [2.05, 4.69) is 0 Å². The Hall–Kier alpha value is -4.09. The average molecular weight is 461 g/mol. The highest BCUT2D eigenvalue weighted by atomic mass is 31.1. The first-order valence-electron chi connectivity index (χ1n) is 9.94. The Kier molecular flexibility index (Phi) is 6.43. The van der Waals surface area contributed by atoms with E-state index in [0.29, 0.717) is 15.6 Å². The molecule has 7 nitrogen and oxygen atoms in total. The van der Waals surface area contributed by atoms with Gasteiger partial charge in [0.1, 0.15) is 0 Å². The molecule has 0 unspecified atom stereocenters. The van der Waals surface area contributed by atoms with Gasteiger partial charge in [-0.15, -0.1) is 4.73 Å². The van der Waals surface area contributed by atoms with Crippen molar-refractivity contribution in [1.82, 2.24) is 4.73 Å². The molecule has 0 radical (unpaired) electrons. The van der Waals surface area contributed by atoms with Gasteiger partial charge in [-0.3, -0.25) is 0 Å². The zero-order valence-electron chi connectivity index (χ0n) is 17.6. The number of hydrogen-bond acceptors (Lipinski definition) is 6. The van der Waals surface area contributed by atoms with Crippen molar-refractivity contribution in [2.75, 3.05) is 7.11 Å². The number of benzene rings is 3. The summed E-state index contributed by atoms with van der Waals surface area (Å²) >= 11 is 0. The number of ether oxygens (including phenoxy) is 1. The quantitative estimate of drug-likeness (QED) is 0.339. The smallest absolute Gasteiger partial charge is 0.363 e. The molecule has 0 bridgehead atoms. The second-order valence-corrected chi connectivity index (χ2v) is 9.14. The fraction of sp³-hybridized carbons (Fsp3) is 0.0400. The molecule has 8 heteroatoms. The zero-order valence-corrected chi connectivity index (χ0v) is 18.5. The summed E-state index contributed by atoms with van der Waals surface area (Å²) in [5, 5.41) is 22.1. The highest BCUT2D eigenvalue weighted by Gasteiger charge is 2.25. The molecule has 33 heavy (non-hydrogen) atoms. The lowest BCUT2D eigenvalue weighted by molar-refractivity contribution is 0.0381. The molecule has 0 saturated carbocycles. The largest absolute Gasteiger partial charge is 0.492 e. The van der Waals surface area contributed by atoms with Crippen molar-refractivity contribution in [1.29, 1.82) is 0 Å². The monoisotopic (exact) mass is 461 g/mol. The number of methoxy groups -OCH3 is 1. The molecular formula is C25H20NO6P. The Bertz CT molecular complexity index is 1230. The maximum absolute atomic E-state index is 12.8. The number of aromatic hydroxyl groups is 2. The Labute approximate surface area is 191 Å². The normalized spacial score (nSPS) is 10.7. The van der Waals surface area contributed by atoms with Crippen LogP contribution in [-0.4, -0.2) is 34.0 Å². The first-order chi connectivity index (χ1) is 16.0. The van der Waals surface area contributed by atoms with Crippen LogP contribution in [0.3, 0.4) is 0 Å². The molecule has 4 aromatic rings. The Morgan fingerprint density at radius 2 is 1.30 bits per heavy atom. The summed E-state index contributed by atoms with van der Waals surface area (Å²) in [5.41, 5.74) is 0.476. The second-order valence-electron chi connectivity index (χ2n) is 6.95. The van der Waals surface area contributed by atoms with Gasteiger partial charge in [-0.2, -0.15) is 0 Å². The van der Waals surface area contributed by atoms with Gasteiger partial charge in [0.2, 0.25) is 11.8 Å². The number of hydrogen-bond donors (Lipinski definition) is 2. The molecule has 0 atom stereocenters. The maximum atomic E-state index is 12.8. The number of carbonyl (C=O) groups is 2. The van der Waals surface area contributed by atoms with Gasteiger partial charge >= 0.3 is 11.9 Å². The van der Waals surface area contributed by atoms with E-state index in [1.165, 1.54) is 31.4 Å². The van der Waals surface area contributed by atoms with Crippen LogP contribution < -0.4 is 20.8 Å². The van der Waals surface area contributed by atoms with Crippen molar-refractivity contribution >= 4 is 35.8 Å². The summed E-state index contributed by atoms with van der Waals surface area (Å²) in [5.74, 6) is -2.19. The van der Waals surface area contributed by atoms with Crippen LogP contribution in [0.4, 0.5) is 0 Å². The second kappa shape index (κ2) is 9.59. The lowest BCUT2D eigenvalue weighted by Gasteiger charge is -2.22. The first-order valence-corrected chi connectivity index (χ1v) is 11.3. The van der Waals surface area contributed by atoms with E-state index in [-0.39, 0.29) is 5.56 Å². The molecule has 0 aliphatic heterocycles. The molecule has 0 fully saturated rings. The predicted molar refractivity (Wildman–Crippen MR) is 125 cm³/mol. The van der Waals surface area contributed by atoms with Crippen molar-refractivity contribution in [3.8, 4) is 11.8 Å². The summed E-state index contributed by atoms with van der Waals surface area (Å²) in [6.45, 7) is 0. The van der Waals surface area contributed by atoms with Crippen LogP contribution >= 0.6 is 7.92 Å². The molecule has 0 aliphatic carbocycles. The van der Waals surface area contributed by atoms with Gasteiger partial charge < -0.3 is 19.8 Å². The van der Waals surface area contributed by atoms with Gasteiger partial charge in [0.05, 0.1) is 18.2 Å². The third-order valence-corrected chi connectivity index (χ3v) is 7.36. The van der Waals surface area contributed by atoms with Gasteiger partial charge in [-0.05, 0) is 36.7 Å². The van der Waals surface area contributed by atoms with Crippen LogP contribution in [0, 0.1) is 0 Å². The van der Waals surface area contributed by atoms with E-state index in [1.807, 2.05) is 60.7 Å². The van der Waals surface area contributed by atoms with E-state index in [4.69, 9.17) is 9.57 Å². The van der Waals surface area contributed by atoms with Crippen LogP contribution in [0.1, 0.15) is 20.7 Å². The Morgan fingerprint density at radius 1 is 0.758 bits per heavy atom. The average Bonchev–Trinajstić information content (AvgIpc) is 3.17. The molecule has 3 aromatic carbocycles. The minimum atomic E-state index is -1.22. The number of carbonyl (C=O) groups excluding carboxylic acids is 2. The number of aromatic nitrogens is 1. The molecule has 2 N–H and O–H groups in total. The predicted octanol–water partition coefficient (Wildman–Crippen LogP) is 2.71. The van der Waals surface area contributed by atoms with Crippen molar-refractivity contribution < 1.29 is 29.4 Å². The molecule has 0 saturated heterocycles. The zero-order chi connectivity index (χ0) is 23.4. The highest BCUT2D eigenvalue weighted by molar-refractivity contribution is 7.80. The van der Waals surface area contributed by atoms with Gasteiger partial charge in [0.15, 0.2) is 0 Å².